The van der Waals surface area contributed by atoms with E-state index in [1.807, 2.05) is 0 Å². The molecule has 1 atom stereocenters. The number of nitrogens with zero attached hydrogens (tertiary/aromatic N) is 1. The normalized spacial score (nSPS) is 14.3. The van der Waals surface area contributed by atoms with Crippen molar-refractivity contribution < 1.29 is 4.48 Å². The summed E-state index contributed by atoms with van der Waals surface area (Å²) in [7, 11) is 2.48. The van der Waals surface area contributed by atoms with Gasteiger partial charge in [-0.3, -0.25) is 0 Å². The minimum atomic E-state index is 1.31. The largest absolute Gasteiger partial charge is 0.326 e. The number of unbranched alkanes of at least 4 members (excludes halogenated alkanes) is 11. The molecule has 0 saturated carbocycles. The first-order valence-electron chi connectivity index (χ1n) is 10.0. The Morgan fingerprint density at radius 2 is 0.810 bits per heavy atom. The van der Waals surface area contributed by atoms with Crippen LogP contribution in [0.4, 0.5) is 0 Å². The molecule has 0 aromatic rings. The van der Waals surface area contributed by atoms with Gasteiger partial charge in [0.05, 0.1) is 26.7 Å². The highest BCUT2D eigenvalue weighted by molar-refractivity contribution is 4.48. The molecule has 1 unspecified atom stereocenters. The maximum absolute atomic E-state index is 2.48. The van der Waals surface area contributed by atoms with Crippen LogP contribution >= 0.6 is 0 Å². The lowest BCUT2D eigenvalue weighted by Crippen LogP contribution is -2.45. The van der Waals surface area contributed by atoms with Crippen LogP contribution in [0.5, 0.6) is 0 Å². The first-order valence-corrected chi connectivity index (χ1v) is 10.0. The number of hydrogen-bond donors (Lipinski definition) is 0. The molecule has 1 nitrogen and oxygen atoms in total. The van der Waals surface area contributed by atoms with Crippen LogP contribution in [-0.2, 0) is 0 Å². The van der Waals surface area contributed by atoms with Gasteiger partial charge in [-0.25, -0.2) is 0 Å². The van der Waals surface area contributed by atoms with Crippen molar-refractivity contribution in [2.75, 3.05) is 26.7 Å². The molecule has 128 valence electrons. The van der Waals surface area contributed by atoms with E-state index in [1.54, 1.807) is 0 Å². The van der Waals surface area contributed by atoms with Gasteiger partial charge in [0, 0.05) is 0 Å². The van der Waals surface area contributed by atoms with Crippen molar-refractivity contribution in [1.29, 1.82) is 0 Å². The van der Waals surface area contributed by atoms with Gasteiger partial charge in [0.25, 0.3) is 0 Å². The van der Waals surface area contributed by atoms with Crippen molar-refractivity contribution in [3.8, 4) is 0 Å². The van der Waals surface area contributed by atoms with Crippen LogP contribution in [-0.4, -0.2) is 31.2 Å². The summed E-state index contributed by atoms with van der Waals surface area (Å²) >= 11 is 0. The Morgan fingerprint density at radius 1 is 0.476 bits per heavy atom. The third-order valence-electron chi connectivity index (χ3n) is 5.12. The molecule has 0 aromatic carbocycles. The van der Waals surface area contributed by atoms with Crippen LogP contribution in [0.15, 0.2) is 0 Å². The van der Waals surface area contributed by atoms with Crippen LogP contribution in [0.1, 0.15) is 104 Å². The maximum atomic E-state index is 2.48. The minimum Gasteiger partial charge on any atom is -0.326 e. The van der Waals surface area contributed by atoms with E-state index in [0.717, 1.165) is 0 Å². The summed E-state index contributed by atoms with van der Waals surface area (Å²) in [6.45, 7) is 11.1. The monoisotopic (exact) mass is 298 g/mol. The quantitative estimate of drug-likeness (QED) is 0.223. The van der Waals surface area contributed by atoms with Gasteiger partial charge >= 0.3 is 0 Å². The minimum absolute atomic E-state index is 1.31. The number of quaternary nitrogens is 1. The second kappa shape index (κ2) is 14.9. The fraction of sp³-hybridized carbons (Fsp3) is 1.00. The van der Waals surface area contributed by atoms with E-state index in [0.29, 0.717) is 0 Å². The molecule has 0 spiro atoms. The fourth-order valence-electron chi connectivity index (χ4n) is 3.15. The van der Waals surface area contributed by atoms with E-state index >= 15 is 0 Å². The summed E-state index contributed by atoms with van der Waals surface area (Å²) in [5.41, 5.74) is 0. The van der Waals surface area contributed by atoms with Gasteiger partial charge in [-0.15, -0.1) is 0 Å². The van der Waals surface area contributed by atoms with E-state index in [-0.39, 0.29) is 0 Å². The maximum Gasteiger partial charge on any atom is 0.0784 e. The molecule has 0 bridgehead atoms. The predicted octanol–water partition coefficient (Wildman–Crippen LogP) is 6.56. The Labute approximate surface area is 136 Å². The molecule has 0 aliphatic rings. The van der Waals surface area contributed by atoms with E-state index in [9.17, 15) is 0 Å². The zero-order valence-corrected chi connectivity index (χ0v) is 15.8. The highest BCUT2D eigenvalue weighted by atomic mass is 15.3. The topological polar surface area (TPSA) is 0 Å². The molecule has 0 N–H and O–H groups in total. The predicted molar refractivity (Wildman–Crippen MR) is 97.8 cm³/mol. The first kappa shape index (κ1) is 21.0. The summed E-state index contributed by atoms with van der Waals surface area (Å²) < 4.78 is 1.31. The van der Waals surface area contributed by atoms with Gasteiger partial charge in [-0.2, -0.15) is 0 Å². The number of hydrogen-bond acceptors (Lipinski definition) is 0. The molecule has 0 aliphatic carbocycles. The highest BCUT2D eigenvalue weighted by Crippen LogP contribution is 2.13. The van der Waals surface area contributed by atoms with Gasteiger partial charge in [-0.05, 0) is 32.6 Å². The molecule has 0 saturated heterocycles. The summed E-state index contributed by atoms with van der Waals surface area (Å²) in [5, 5.41) is 0. The lowest BCUT2D eigenvalue weighted by Gasteiger charge is -2.33. The average Bonchev–Trinajstić information content (AvgIpc) is 2.50. The molecule has 0 heterocycles. The van der Waals surface area contributed by atoms with Crippen molar-refractivity contribution in [3.63, 3.8) is 0 Å². The first-order chi connectivity index (χ1) is 10.2. The molecule has 21 heavy (non-hydrogen) atoms. The van der Waals surface area contributed by atoms with Crippen LogP contribution in [0.25, 0.3) is 0 Å². The van der Waals surface area contributed by atoms with Crippen molar-refractivity contribution >= 4 is 0 Å². The lowest BCUT2D eigenvalue weighted by atomic mass is 10.1. The molecular formula is C20H44N+. The van der Waals surface area contributed by atoms with E-state index in [4.69, 9.17) is 0 Å². The fourth-order valence-corrected chi connectivity index (χ4v) is 3.15. The Bertz CT molecular complexity index is 202. The zero-order valence-electron chi connectivity index (χ0n) is 15.8. The third kappa shape index (κ3) is 13.4. The summed E-state index contributed by atoms with van der Waals surface area (Å²) in [6.07, 6.45) is 18.6. The Morgan fingerprint density at radius 3 is 1.14 bits per heavy atom. The molecule has 0 fully saturated rings. The van der Waals surface area contributed by atoms with Crippen LogP contribution in [0, 0.1) is 0 Å². The molecule has 0 radical (unpaired) electrons. The Hall–Kier alpha value is -0.0400. The average molecular weight is 299 g/mol. The van der Waals surface area contributed by atoms with Crippen LogP contribution < -0.4 is 0 Å². The summed E-state index contributed by atoms with van der Waals surface area (Å²) in [6, 6.07) is 0. The molecule has 0 amide bonds. The van der Waals surface area contributed by atoms with Crippen molar-refractivity contribution in [1.82, 2.24) is 0 Å². The second-order valence-electron chi connectivity index (χ2n) is 7.27. The van der Waals surface area contributed by atoms with Gasteiger partial charge in [0.15, 0.2) is 0 Å². The SMILES string of the molecule is CCCCCCCCC[N+](C)(CC)CCCCCCCC. The molecular weight excluding hydrogens is 254 g/mol. The highest BCUT2D eigenvalue weighted by Gasteiger charge is 2.17. The van der Waals surface area contributed by atoms with Gasteiger partial charge in [0.2, 0.25) is 0 Å². The van der Waals surface area contributed by atoms with E-state index in [2.05, 4.69) is 27.8 Å². The van der Waals surface area contributed by atoms with Gasteiger partial charge in [0.1, 0.15) is 0 Å². The summed E-state index contributed by atoms with van der Waals surface area (Å²) in [5.74, 6) is 0. The van der Waals surface area contributed by atoms with Crippen LogP contribution in [0.2, 0.25) is 0 Å². The van der Waals surface area contributed by atoms with E-state index < -0.39 is 0 Å². The zero-order chi connectivity index (χ0) is 15.8. The molecule has 0 aromatic heterocycles. The molecule has 0 rings (SSSR count). The summed E-state index contributed by atoms with van der Waals surface area (Å²) in [4.78, 5) is 0. The standard InChI is InChI=1S/C20H44N/c1-5-8-10-12-14-16-18-20-21(4,7-3)19-17-15-13-11-9-6-2/h5-20H2,1-4H3/q+1. The Balaban J connectivity index is 3.55. The van der Waals surface area contributed by atoms with Gasteiger partial charge in [-0.1, -0.05) is 71.6 Å². The smallest absolute Gasteiger partial charge is 0.0784 e. The molecule has 0 aliphatic heterocycles. The second-order valence-corrected chi connectivity index (χ2v) is 7.27. The third-order valence-corrected chi connectivity index (χ3v) is 5.12. The van der Waals surface area contributed by atoms with Gasteiger partial charge < -0.3 is 4.48 Å². The lowest BCUT2D eigenvalue weighted by molar-refractivity contribution is -0.908. The van der Waals surface area contributed by atoms with E-state index in [1.165, 1.54) is 108 Å². The van der Waals surface area contributed by atoms with Crippen molar-refractivity contribution in [2.24, 2.45) is 0 Å². The molecule has 1 heteroatoms. The van der Waals surface area contributed by atoms with Crippen molar-refractivity contribution in [3.05, 3.63) is 0 Å². The van der Waals surface area contributed by atoms with Crippen LogP contribution in [0.3, 0.4) is 0 Å². The van der Waals surface area contributed by atoms with Crippen molar-refractivity contribution in [2.45, 2.75) is 104 Å². The Kier molecular flexibility index (Phi) is 14.9. The number of rotatable bonds is 16.